The van der Waals surface area contributed by atoms with Crippen molar-refractivity contribution in [2.45, 2.75) is 25.9 Å². The third kappa shape index (κ3) is 3.44. The number of hydrogen-bond donors (Lipinski definition) is 3. The Morgan fingerprint density at radius 1 is 1.38 bits per heavy atom. The Kier molecular flexibility index (Phi) is 5.19. The molecule has 1 aromatic heterocycles. The number of nitrogens with one attached hydrogen (secondary N) is 2. The zero-order valence-electron chi connectivity index (χ0n) is 16.1. The summed E-state index contributed by atoms with van der Waals surface area (Å²) < 4.78 is 13.2. The third-order valence-corrected chi connectivity index (χ3v) is 5.33. The lowest BCUT2D eigenvalue weighted by atomic mass is 9.88. The first-order chi connectivity index (χ1) is 14.0. The van der Waals surface area contributed by atoms with Crippen LogP contribution in [0.5, 0.6) is 0 Å². The Morgan fingerprint density at radius 2 is 2.14 bits per heavy atom. The number of halogens is 1. The van der Waals surface area contributed by atoms with Crippen LogP contribution in [-0.2, 0) is 16.0 Å². The first kappa shape index (κ1) is 19.3. The lowest BCUT2D eigenvalue weighted by Crippen LogP contribution is -2.53. The van der Waals surface area contributed by atoms with Crippen molar-refractivity contribution in [2.75, 3.05) is 29.9 Å². The summed E-state index contributed by atoms with van der Waals surface area (Å²) in [6.07, 6.45) is 1.58. The Hall–Kier alpha value is -3.00. The number of amides is 2. The van der Waals surface area contributed by atoms with Crippen LogP contribution >= 0.6 is 0 Å². The van der Waals surface area contributed by atoms with E-state index in [1.165, 1.54) is 12.1 Å². The maximum Gasteiger partial charge on any atom is 0.242 e. The number of rotatable bonds is 5. The SMILES string of the molecule is CCCNC(=O)C1C(=O)N2CCNc3c(Cc4ccc(F)cc4)cnc(c32)C1O. The van der Waals surface area contributed by atoms with Crippen LogP contribution in [0.1, 0.15) is 36.3 Å². The number of aliphatic hydroxyl groups excluding tert-OH is 1. The molecule has 2 aromatic rings. The molecule has 3 N–H and O–H groups in total. The summed E-state index contributed by atoms with van der Waals surface area (Å²) in [5.41, 5.74) is 3.33. The summed E-state index contributed by atoms with van der Waals surface area (Å²) in [5, 5.41) is 16.8. The van der Waals surface area contributed by atoms with Gasteiger partial charge in [-0.1, -0.05) is 19.1 Å². The second-order valence-electron chi connectivity index (χ2n) is 7.33. The normalized spacial score (nSPS) is 20.1. The molecule has 0 radical (unpaired) electrons. The molecule has 2 atom stereocenters. The van der Waals surface area contributed by atoms with E-state index in [-0.39, 0.29) is 5.82 Å². The van der Waals surface area contributed by atoms with Crippen molar-refractivity contribution in [3.8, 4) is 0 Å². The predicted molar refractivity (Wildman–Crippen MR) is 106 cm³/mol. The summed E-state index contributed by atoms with van der Waals surface area (Å²) in [6.45, 7) is 3.28. The molecule has 2 aliphatic rings. The molecular formula is C21H23FN4O3. The number of hydrogen-bond acceptors (Lipinski definition) is 5. The number of nitrogens with zero attached hydrogens (tertiary/aromatic N) is 2. The smallest absolute Gasteiger partial charge is 0.242 e. The minimum atomic E-state index is -1.30. The van der Waals surface area contributed by atoms with E-state index in [4.69, 9.17) is 0 Å². The lowest BCUT2D eigenvalue weighted by Gasteiger charge is -2.40. The van der Waals surface area contributed by atoms with Gasteiger partial charge in [-0.05, 0) is 24.1 Å². The third-order valence-electron chi connectivity index (χ3n) is 5.33. The number of carbonyl (C=O) groups is 2. The molecule has 2 amide bonds. The van der Waals surface area contributed by atoms with Crippen molar-refractivity contribution in [2.24, 2.45) is 5.92 Å². The highest BCUT2D eigenvalue weighted by Crippen LogP contribution is 2.44. The van der Waals surface area contributed by atoms with Gasteiger partial charge in [-0.2, -0.15) is 0 Å². The second-order valence-corrected chi connectivity index (χ2v) is 7.33. The Bertz CT molecular complexity index is 948. The largest absolute Gasteiger partial charge is 0.385 e. The summed E-state index contributed by atoms with van der Waals surface area (Å²) >= 11 is 0. The zero-order chi connectivity index (χ0) is 20.5. The van der Waals surface area contributed by atoms with Gasteiger partial charge in [-0.25, -0.2) is 4.39 Å². The predicted octanol–water partition coefficient (Wildman–Crippen LogP) is 1.76. The Balaban J connectivity index is 1.71. The zero-order valence-corrected chi connectivity index (χ0v) is 16.1. The average molecular weight is 398 g/mol. The first-order valence-corrected chi connectivity index (χ1v) is 9.78. The van der Waals surface area contributed by atoms with Crippen molar-refractivity contribution in [1.29, 1.82) is 0 Å². The van der Waals surface area contributed by atoms with Crippen molar-refractivity contribution in [3.05, 3.63) is 53.1 Å². The highest BCUT2D eigenvalue weighted by atomic mass is 19.1. The van der Waals surface area contributed by atoms with E-state index in [9.17, 15) is 19.1 Å². The van der Waals surface area contributed by atoms with Crippen LogP contribution < -0.4 is 15.5 Å². The molecule has 0 fully saturated rings. The van der Waals surface area contributed by atoms with Gasteiger partial charge < -0.3 is 20.6 Å². The van der Waals surface area contributed by atoms with Gasteiger partial charge in [0.15, 0.2) is 0 Å². The number of anilines is 2. The van der Waals surface area contributed by atoms with E-state index in [0.717, 1.165) is 23.2 Å². The molecule has 7 nitrogen and oxygen atoms in total. The monoisotopic (exact) mass is 398 g/mol. The summed E-state index contributed by atoms with van der Waals surface area (Å²) in [4.78, 5) is 31.5. The fourth-order valence-corrected chi connectivity index (χ4v) is 3.90. The molecule has 0 spiro atoms. The van der Waals surface area contributed by atoms with Gasteiger partial charge >= 0.3 is 0 Å². The van der Waals surface area contributed by atoms with Crippen LogP contribution in [0, 0.1) is 11.7 Å². The molecule has 0 bridgehead atoms. The van der Waals surface area contributed by atoms with Crippen molar-refractivity contribution in [1.82, 2.24) is 10.3 Å². The van der Waals surface area contributed by atoms with E-state index in [0.29, 0.717) is 37.4 Å². The van der Waals surface area contributed by atoms with Crippen molar-refractivity contribution >= 4 is 23.2 Å². The van der Waals surface area contributed by atoms with Gasteiger partial charge in [0.25, 0.3) is 0 Å². The van der Waals surface area contributed by atoms with E-state index >= 15 is 0 Å². The topological polar surface area (TPSA) is 94.6 Å². The second kappa shape index (κ2) is 7.79. The summed E-state index contributed by atoms with van der Waals surface area (Å²) in [6, 6.07) is 6.21. The van der Waals surface area contributed by atoms with Gasteiger partial charge in [0.2, 0.25) is 11.8 Å². The molecule has 8 heteroatoms. The Labute approximate surface area is 167 Å². The number of aromatic nitrogens is 1. The van der Waals surface area contributed by atoms with Crippen LogP contribution in [0.3, 0.4) is 0 Å². The molecule has 4 rings (SSSR count). The highest BCUT2D eigenvalue weighted by Gasteiger charge is 2.46. The van der Waals surface area contributed by atoms with E-state index in [1.54, 1.807) is 23.2 Å². The number of aliphatic hydroxyl groups is 1. The minimum absolute atomic E-state index is 0.302. The van der Waals surface area contributed by atoms with Crippen LogP contribution in [0.15, 0.2) is 30.5 Å². The molecule has 0 saturated carbocycles. The van der Waals surface area contributed by atoms with Crippen LogP contribution in [0.2, 0.25) is 0 Å². The Morgan fingerprint density at radius 3 is 2.86 bits per heavy atom. The van der Waals surface area contributed by atoms with Gasteiger partial charge in [0.05, 0.1) is 17.1 Å². The molecule has 1 aromatic carbocycles. The molecule has 3 heterocycles. The number of pyridine rings is 1. The van der Waals surface area contributed by atoms with Crippen LogP contribution in [0.4, 0.5) is 15.8 Å². The van der Waals surface area contributed by atoms with E-state index in [2.05, 4.69) is 15.6 Å². The molecule has 2 unspecified atom stereocenters. The minimum Gasteiger partial charge on any atom is -0.385 e. The standard InChI is InChI=1S/C21H23FN4O3/c1-2-7-24-20(28)15-19(27)17-18-16(23-8-9-26(18)21(15)29)13(11-25-17)10-12-3-5-14(22)6-4-12/h3-6,11,15,19,23,27H,2,7-10H2,1H3,(H,24,28). The van der Waals surface area contributed by atoms with Crippen molar-refractivity contribution < 1.29 is 19.1 Å². The van der Waals surface area contributed by atoms with Gasteiger partial charge in [-0.3, -0.25) is 14.6 Å². The van der Waals surface area contributed by atoms with Crippen LogP contribution in [-0.4, -0.2) is 41.5 Å². The molecule has 29 heavy (non-hydrogen) atoms. The highest BCUT2D eigenvalue weighted by molar-refractivity contribution is 6.12. The summed E-state index contributed by atoms with van der Waals surface area (Å²) in [7, 11) is 0. The number of benzene rings is 1. The average Bonchev–Trinajstić information content (AvgIpc) is 2.73. The first-order valence-electron chi connectivity index (χ1n) is 9.78. The fourth-order valence-electron chi connectivity index (χ4n) is 3.90. The molecule has 0 aliphatic carbocycles. The maximum atomic E-state index is 13.2. The van der Waals surface area contributed by atoms with Gasteiger partial charge in [0.1, 0.15) is 17.8 Å². The van der Waals surface area contributed by atoms with Crippen molar-refractivity contribution in [3.63, 3.8) is 0 Å². The van der Waals surface area contributed by atoms with E-state index in [1.807, 2.05) is 6.92 Å². The maximum absolute atomic E-state index is 13.2. The molecular weight excluding hydrogens is 375 g/mol. The van der Waals surface area contributed by atoms with Gasteiger partial charge in [0, 0.05) is 37.8 Å². The quantitative estimate of drug-likeness (QED) is 0.668. The lowest BCUT2D eigenvalue weighted by molar-refractivity contribution is -0.139. The number of carbonyl (C=O) groups excluding carboxylic acids is 2. The fraction of sp³-hybridized carbons (Fsp3) is 0.381. The van der Waals surface area contributed by atoms with Crippen LogP contribution in [0.25, 0.3) is 0 Å². The summed E-state index contributed by atoms with van der Waals surface area (Å²) in [5.74, 6) is -2.39. The van der Waals surface area contributed by atoms with E-state index < -0.39 is 23.8 Å². The van der Waals surface area contributed by atoms with Gasteiger partial charge in [-0.15, -0.1) is 0 Å². The molecule has 152 valence electrons. The molecule has 0 saturated heterocycles. The molecule has 2 aliphatic heterocycles.